The molecule has 1 N–H and O–H groups in total. The molecule has 0 aliphatic carbocycles. The van der Waals surface area contributed by atoms with Crippen LogP contribution in [0.4, 0.5) is 4.79 Å². The summed E-state index contributed by atoms with van der Waals surface area (Å²) < 4.78 is 5.20. The van der Waals surface area contributed by atoms with Crippen molar-refractivity contribution < 1.29 is 9.53 Å². The second-order valence-electron chi connectivity index (χ2n) is 5.12. The van der Waals surface area contributed by atoms with Crippen molar-refractivity contribution in [2.45, 2.75) is 38.8 Å². The summed E-state index contributed by atoms with van der Waals surface area (Å²) in [4.78, 5) is 13.7. The van der Waals surface area contributed by atoms with Crippen LogP contribution in [0.2, 0.25) is 0 Å². The van der Waals surface area contributed by atoms with Crippen molar-refractivity contribution in [3.05, 3.63) is 0 Å². The highest BCUT2D eigenvalue weighted by Crippen LogP contribution is 2.11. The predicted octanol–water partition coefficient (Wildman–Crippen LogP) is 1.82. The van der Waals surface area contributed by atoms with E-state index < -0.39 is 5.60 Å². The molecule has 0 saturated carbocycles. The van der Waals surface area contributed by atoms with E-state index in [4.69, 9.17) is 16.3 Å². The molecule has 5 heteroatoms. The first-order valence-corrected chi connectivity index (χ1v) is 6.22. The van der Waals surface area contributed by atoms with Crippen LogP contribution in [0.1, 0.15) is 27.2 Å². The van der Waals surface area contributed by atoms with Gasteiger partial charge < -0.3 is 15.0 Å². The number of alkyl halides is 1. The smallest absolute Gasteiger partial charge is 0.407 e. The van der Waals surface area contributed by atoms with Crippen molar-refractivity contribution in [2.75, 3.05) is 25.5 Å². The van der Waals surface area contributed by atoms with Crippen LogP contribution in [0.3, 0.4) is 0 Å². The van der Waals surface area contributed by atoms with E-state index in [0.717, 1.165) is 26.1 Å². The van der Waals surface area contributed by atoms with Crippen molar-refractivity contribution in [1.82, 2.24) is 10.2 Å². The first-order valence-electron chi connectivity index (χ1n) is 5.68. The van der Waals surface area contributed by atoms with E-state index in [-0.39, 0.29) is 12.1 Å². The molecule has 1 aliphatic heterocycles. The Kier molecular flexibility index (Phi) is 4.87. The fourth-order valence-corrected chi connectivity index (χ4v) is 1.99. The van der Waals surface area contributed by atoms with Crippen LogP contribution in [0, 0.1) is 0 Å². The summed E-state index contributed by atoms with van der Waals surface area (Å²) in [6, 6.07) is 0.193. The van der Waals surface area contributed by atoms with Crippen LogP contribution >= 0.6 is 11.6 Å². The number of likely N-dealkylation sites (tertiary alicyclic amines) is 1. The third kappa shape index (κ3) is 5.03. The second kappa shape index (κ2) is 5.73. The largest absolute Gasteiger partial charge is 0.444 e. The molecule has 0 aromatic carbocycles. The van der Waals surface area contributed by atoms with Crippen LogP contribution in [0.5, 0.6) is 0 Å². The fourth-order valence-electron chi connectivity index (χ4n) is 1.75. The highest BCUT2D eigenvalue weighted by molar-refractivity contribution is 6.18. The van der Waals surface area contributed by atoms with Gasteiger partial charge in [0.05, 0.1) is 0 Å². The third-order valence-electron chi connectivity index (χ3n) is 2.39. The SMILES string of the molecule is CC(C)(C)OC(=O)N[C@H]1CCN(CCCl)C1. The van der Waals surface area contributed by atoms with Crippen molar-refractivity contribution >= 4 is 17.7 Å². The van der Waals surface area contributed by atoms with Crippen LogP contribution in [-0.4, -0.2) is 48.2 Å². The van der Waals surface area contributed by atoms with E-state index in [0.29, 0.717) is 5.88 Å². The lowest BCUT2D eigenvalue weighted by Crippen LogP contribution is -2.40. The second-order valence-corrected chi connectivity index (χ2v) is 5.50. The third-order valence-corrected chi connectivity index (χ3v) is 2.56. The number of alkyl carbamates (subject to hydrolysis) is 1. The van der Waals surface area contributed by atoms with E-state index in [2.05, 4.69) is 10.2 Å². The molecule has 0 radical (unpaired) electrons. The van der Waals surface area contributed by atoms with Crippen molar-refractivity contribution in [2.24, 2.45) is 0 Å². The number of carbonyl (C=O) groups is 1. The molecule has 0 unspecified atom stereocenters. The first-order chi connectivity index (χ1) is 7.40. The molecule has 1 rings (SSSR count). The zero-order chi connectivity index (χ0) is 12.2. The molecule has 0 aromatic rings. The summed E-state index contributed by atoms with van der Waals surface area (Å²) in [7, 11) is 0. The van der Waals surface area contributed by atoms with Gasteiger partial charge in [0.1, 0.15) is 5.60 Å². The molecular weight excluding hydrogens is 228 g/mol. The summed E-state index contributed by atoms with van der Waals surface area (Å²) in [5, 5.41) is 2.88. The predicted molar refractivity (Wildman–Crippen MR) is 64.9 cm³/mol. The Morgan fingerprint density at radius 1 is 1.56 bits per heavy atom. The first kappa shape index (κ1) is 13.6. The van der Waals surface area contributed by atoms with E-state index in [9.17, 15) is 4.79 Å². The minimum absolute atomic E-state index is 0.193. The van der Waals surface area contributed by atoms with Crippen LogP contribution in [0.25, 0.3) is 0 Å². The summed E-state index contributed by atoms with van der Waals surface area (Å²) >= 11 is 5.67. The summed E-state index contributed by atoms with van der Waals surface area (Å²) in [5.41, 5.74) is -0.432. The summed E-state index contributed by atoms with van der Waals surface area (Å²) in [6.45, 7) is 8.33. The number of hydrogen-bond acceptors (Lipinski definition) is 3. The van der Waals surface area contributed by atoms with Gasteiger partial charge in [0.2, 0.25) is 0 Å². The van der Waals surface area contributed by atoms with Gasteiger partial charge in [0, 0.05) is 31.6 Å². The standard InChI is InChI=1S/C11H21ClN2O2/c1-11(2,3)16-10(15)13-9-4-6-14(8-9)7-5-12/h9H,4-8H2,1-3H3,(H,13,15)/t9-/m0/s1. The number of nitrogens with zero attached hydrogens (tertiary/aromatic N) is 1. The number of ether oxygens (including phenoxy) is 1. The maximum Gasteiger partial charge on any atom is 0.407 e. The number of carbonyl (C=O) groups excluding carboxylic acids is 1. The Hall–Kier alpha value is -0.480. The van der Waals surface area contributed by atoms with Crippen molar-refractivity contribution in [3.8, 4) is 0 Å². The van der Waals surface area contributed by atoms with Crippen molar-refractivity contribution in [3.63, 3.8) is 0 Å². The molecule has 4 nitrogen and oxygen atoms in total. The van der Waals surface area contributed by atoms with E-state index in [1.54, 1.807) is 0 Å². The maximum atomic E-state index is 11.5. The van der Waals surface area contributed by atoms with Gasteiger partial charge in [-0.15, -0.1) is 11.6 Å². The average molecular weight is 249 g/mol. The quantitative estimate of drug-likeness (QED) is 0.775. The number of rotatable bonds is 3. The highest BCUT2D eigenvalue weighted by Gasteiger charge is 2.25. The minimum atomic E-state index is -0.432. The lowest BCUT2D eigenvalue weighted by molar-refractivity contribution is 0.0506. The van der Waals surface area contributed by atoms with E-state index >= 15 is 0 Å². The highest BCUT2D eigenvalue weighted by atomic mass is 35.5. The molecule has 1 heterocycles. The van der Waals surface area contributed by atoms with Gasteiger partial charge in [-0.25, -0.2) is 4.79 Å². The number of nitrogens with one attached hydrogen (secondary N) is 1. The van der Waals surface area contributed by atoms with Gasteiger partial charge in [-0.3, -0.25) is 0 Å². The van der Waals surface area contributed by atoms with Crippen LogP contribution in [0.15, 0.2) is 0 Å². The van der Waals surface area contributed by atoms with E-state index in [1.807, 2.05) is 20.8 Å². The lowest BCUT2D eigenvalue weighted by atomic mass is 10.2. The molecule has 1 aliphatic rings. The Morgan fingerprint density at radius 2 is 2.25 bits per heavy atom. The molecule has 1 fully saturated rings. The molecule has 1 saturated heterocycles. The van der Waals surface area contributed by atoms with Crippen LogP contribution < -0.4 is 5.32 Å². The topological polar surface area (TPSA) is 41.6 Å². The van der Waals surface area contributed by atoms with E-state index in [1.165, 1.54) is 0 Å². The Labute approximate surface area is 102 Å². The molecule has 94 valence electrons. The monoisotopic (exact) mass is 248 g/mol. The number of hydrogen-bond donors (Lipinski definition) is 1. The fraction of sp³-hybridized carbons (Fsp3) is 0.909. The van der Waals surface area contributed by atoms with Gasteiger partial charge in [-0.1, -0.05) is 0 Å². The van der Waals surface area contributed by atoms with Gasteiger partial charge >= 0.3 is 6.09 Å². The molecule has 1 atom stereocenters. The molecular formula is C11H21ClN2O2. The summed E-state index contributed by atoms with van der Waals surface area (Å²) in [5.74, 6) is 0.638. The Morgan fingerprint density at radius 3 is 2.81 bits per heavy atom. The molecule has 0 spiro atoms. The minimum Gasteiger partial charge on any atom is -0.444 e. The maximum absolute atomic E-state index is 11.5. The average Bonchev–Trinajstić information content (AvgIpc) is 2.49. The van der Waals surface area contributed by atoms with Gasteiger partial charge in [0.25, 0.3) is 0 Å². The molecule has 0 aromatic heterocycles. The normalized spacial score (nSPS) is 22.1. The Bertz CT molecular complexity index is 241. The van der Waals surface area contributed by atoms with Gasteiger partial charge in [-0.05, 0) is 27.2 Å². The summed E-state index contributed by atoms with van der Waals surface area (Å²) in [6.07, 6.45) is 0.640. The molecule has 0 bridgehead atoms. The van der Waals surface area contributed by atoms with Gasteiger partial charge in [-0.2, -0.15) is 0 Å². The molecule has 1 amide bonds. The van der Waals surface area contributed by atoms with Crippen molar-refractivity contribution in [1.29, 1.82) is 0 Å². The molecule has 16 heavy (non-hydrogen) atoms. The lowest BCUT2D eigenvalue weighted by Gasteiger charge is -2.21. The zero-order valence-electron chi connectivity index (χ0n) is 10.3. The van der Waals surface area contributed by atoms with Crippen LogP contribution in [-0.2, 0) is 4.74 Å². The number of amides is 1. The zero-order valence-corrected chi connectivity index (χ0v) is 11.0. The number of halogens is 1. The Balaban J connectivity index is 2.26. The van der Waals surface area contributed by atoms with Gasteiger partial charge in [0.15, 0.2) is 0 Å².